The van der Waals surface area contributed by atoms with Gasteiger partial charge in [-0.1, -0.05) is 29.3 Å². The van der Waals surface area contributed by atoms with Crippen LogP contribution < -0.4 is 5.73 Å². The van der Waals surface area contributed by atoms with Crippen LogP contribution in [0.1, 0.15) is 5.56 Å². The molecule has 14 heavy (non-hydrogen) atoms. The second-order valence-corrected chi connectivity index (χ2v) is 3.99. The van der Waals surface area contributed by atoms with Crippen molar-refractivity contribution >= 4 is 47.2 Å². The molecule has 0 saturated carbocycles. The van der Waals surface area contributed by atoms with Crippen LogP contribution in [0.2, 0.25) is 10.0 Å². The van der Waals surface area contributed by atoms with E-state index in [4.69, 9.17) is 40.5 Å². The SMILES string of the molecule is Cl.NC(CCl)Cc1ccc(Cl)c(Cl)c1. The average Bonchev–Trinajstić information content (AvgIpc) is 2.11. The molecule has 2 N–H and O–H groups in total. The highest BCUT2D eigenvalue weighted by Gasteiger charge is 2.04. The first-order chi connectivity index (χ1) is 6.13. The Hall–Kier alpha value is 0.340. The molecule has 0 bridgehead atoms. The zero-order valence-electron chi connectivity index (χ0n) is 7.34. The molecule has 0 aromatic heterocycles. The van der Waals surface area contributed by atoms with Crippen LogP contribution in [0, 0.1) is 0 Å². The summed E-state index contributed by atoms with van der Waals surface area (Å²) >= 11 is 17.2. The van der Waals surface area contributed by atoms with Crippen LogP contribution in [0.3, 0.4) is 0 Å². The number of alkyl halides is 1. The summed E-state index contributed by atoms with van der Waals surface area (Å²) in [5.74, 6) is 0.445. The zero-order valence-corrected chi connectivity index (χ0v) is 10.4. The summed E-state index contributed by atoms with van der Waals surface area (Å²) in [4.78, 5) is 0. The highest BCUT2D eigenvalue weighted by molar-refractivity contribution is 6.42. The molecule has 0 aliphatic rings. The Balaban J connectivity index is 0.00000169. The minimum Gasteiger partial charge on any atom is -0.326 e. The molecule has 5 heteroatoms. The third-order valence-electron chi connectivity index (χ3n) is 1.68. The van der Waals surface area contributed by atoms with E-state index in [9.17, 15) is 0 Å². The van der Waals surface area contributed by atoms with E-state index in [2.05, 4.69) is 0 Å². The first kappa shape index (κ1) is 14.3. The molecule has 0 aliphatic carbocycles. The molecular weight excluding hydrogens is 264 g/mol. The second-order valence-electron chi connectivity index (χ2n) is 2.87. The van der Waals surface area contributed by atoms with E-state index >= 15 is 0 Å². The lowest BCUT2D eigenvalue weighted by Crippen LogP contribution is -2.24. The van der Waals surface area contributed by atoms with Crippen LogP contribution in [-0.4, -0.2) is 11.9 Å². The smallest absolute Gasteiger partial charge is 0.0595 e. The van der Waals surface area contributed by atoms with Gasteiger partial charge in [0.05, 0.1) is 10.0 Å². The molecule has 0 radical (unpaired) electrons. The van der Waals surface area contributed by atoms with Crippen molar-refractivity contribution in [2.24, 2.45) is 5.73 Å². The number of hydrogen-bond donors (Lipinski definition) is 1. The molecule has 0 amide bonds. The standard InChI is InChI=1S/C9H10Cl3N.ClH/c10-5-7(13)3-6-1-2-8(11)9(12)4-6;/h1-2,4,7H,3,5,13H2;1H. The Morgan fingerprint density at radius 1 is 1.21 bits per heavy atom. The number of hydrogen-bond acceptors (Lipinski definition) is 1. The molecule has 1 unspecified atom stereocenters. The maximum atomic E-state index is 5.83. The van der Waals surface area contributed by atoms with Gasteiger partial charge >= 0.3 is 0 Å². The van der Waals surface area contributed by atoms with Gasteiger partial charge < -0.3 is 5.73 Å². The lowest BCUT2D eigenvalue weighted by molar-refractivity contribution is 0.745. The van der Waals surface area contributed by atoms with Crippen LogP contribution in [-0.2, 0) is 6.42 Å². The maximum absolute atomic E-state index is 5.83. The summed E-state index contributed by atoms with van der Waals surface area (Å²) < 4.78 is 0. The number of nitrogens with two attached hydrogens (primary N) is 1. The Kier molecular flexibility index (Phi) is 6.92. The Morgan fingerprint density at radius 2 is 1.86 bits per heavy atom. The summed E-state index contributed by atoms with van der Waals surface area (Å²) in [7, 11) is 0. The van der Waals surface area contributed by atoms with E-state index in [0.717, 1.165) is 12.0 Å². The third kappa shape index (κ3) is 4.24. The van der Waals surface area contributed by atoms with Crippen molar-refractivity contribution in [3.63, 3.8) is 0 Å². The van der Waals surface area contributed by atoms with Gasteiger partial charge in [-0.2, -0.15) is 0 Å². The third-order valence-corrected chi connectivity index (χ3v) is 2.82. The summed E-state index contributed by atoms with van der Waals surface area (Å²) in [6, 6.07) is 5.45. The predicted octanol–water partition coefficient (Wildman–Crippen LogP) is 3.52. The van der Waals surface area contributed by atoms with E-state index in [1.165, 1.54) is 0 Å². The van der Waals surface area contributed by atoms with E-state index in [1.807, 2.05) is 12.1 Å². The van der Waals surface area contributed by atoms with Crippen molar-refractivity contribution in [2.45, 2.75) is 12.5 Å². The molecule has 0 heterocycles. The quantitative estimate of drug-likeness (QED) is 0.839. The Labute approximate surface area is 105 Å². The minimum absolute atomic E-state index is 0. The van der Waals surface area contributed by atoms with Crippen LogP contribution in [0.25, 0.3) is 0 Å². The van der Waals surface area contributed by atoms with E-state index < -0.39 is 0 Å². The molecule has 1 atom stereocenters. The van der Waals surface area contributed by atoms with Gasteiger partial charge in [0.15, 0.2) is 0 Å². The second kappa shape index (κ2) is 6.76. The van der Waals surface area contributed by atoms with Crippen molar-refractivity contribution in [3.05, 3.63) is 33.8 Å². The normalized spacial score (nSPS) is 12.0. The lowest BCUT2D eigenvalue weighted by atomic mass is 10.1. The van der Waals surface area contributed by atoms with Gasteiger partial charge in [-0.25, -0.2) is 0 Å². The molecule has 1 aromatic carbocycles. The molecule has 1 nitrogen and oxygen atoms in total. The van der Waals surface area contributed by atoms with Crippen molar-refractivity contribution in [3.8, 4) is 0 Å². The molecule has 0 aliphatic heterocycles. The monoisotopic (exact) mass is 273 g/mol. The van der Waals surface area contributed by atoms with Crippen LogP contribution in [0.4, 0.5) is 0 Å². The fourth-order valence-corrected chi connectivity index (χ4v) is 1.45. The molecule has 0 saturated heterocycles. The van der Waals surface area contributed by atoms with Gasteiger partial charge in [-0.05, 0) is 24.1 Å². The zero-order chi connectivity index (χ0) is 9.84. The highest BCUT2D eigenvalue weighted by Crippen LogP contribution is 2.23. The van der Waals surface area contributed by atoms with Gasteiger partial charge in [0, 0.05) is 11.9 Å². The van der Waals surface area contributed by atoms with E-state index in [-0.39, 0.29) is 18.4 Å². The number of halogens is 4. The van der Waals surface area contributed by atoms with Crippen molar-refractivity contribution in [1.82, 2.24) is 0 Å². The maximum Gasteiger partial charge on any atom is 0.0595 e. The average molecular weight is 275 g/mol. The van der Waals surface area contributed by atoms with Crippen LogP contribution in [0.5, 0.6) is 0 Å². The Bertz CT molecular complexity index is 290. The van der Waals surface area contributed by atoms with Crippen molar-refractivity contribution < 1.29 is 0 Å². The molecule has 0 spiro atoms. The molecular formula is C9H11Cl4N. The van der Waals surface area contributed by atoms with Crippen LogP contribution in [0.15, 0.2) is 18.2 Å². The minimum atomic E-state index is -0.0288. The van der Waals surface area contributed by atoms with Crippen LogP contribution >= 0.6 is 47.2 Å². The van der Waals surface area contributed by atoms with Gasteiger partial charge in [-0.3, -0.25) is 0 Å². The molecule has 1 aromatic rings. The summed E-state index contributed by atoms with van der Waals surface area (Å²) in [5.41, 5.74) is 6.74. The molecule has 1 rings (SSSR count). The van der Waals surface area contributed by atoms with Gasteiger partial charge in [0.1, 0.15) is 0 Å². The Morgan fingerprint density at radius 3 is 2.36 bits per heavy atom. The number of rotatable bonds is 3. The largest absolute Gasteiger partial charge is 0.326 e. The van der Waals surface area contributed by atoms with Crippen molar-refractivity contribution in [1.29, 1.82) is 0 Å². The van der Waals surface area contributed by atoms with Crippen molar-refractivity contribution in [2.75, 3.05) is 5.88 Å². The predicted molar refractivity (Wildman–Crippen MR) is 66.1 cm³/mol. The first-order valence-corrected chi connectivity index (χ1v) is 5.18. The summed E-state index contributed by atoms with van der Waals surface area (Å²) in [6.07, 6.45) is 0.723. The van der Waals surface area contributed by atoms with Gasteiger partial charge in [0.25, 0.3) is 0 Å². The molecule has 0 fully saturated rings. The van der Waals surface area contributed by atoms with Gasteiger partial charge in [0.2, 0.25) is 0 Å². The van der Waals surface area contributed by atoms with Gasteiger partial charge in [-0.15, -0.1) is 24.0 Å². The lowest BCUT2D eigenvalue weighted by Gasteiger charge is -2.07. The topological polar surface area (TPSA) is 26.0 Å². The highest BCUT2D eigenvalue weighted by atomic mass is 35.5. The van der Waals surface area contributed by atoms with E-state index in [1.54, 1.807) is 6.07 Å². The summed E-state index contributed by atoms with van der Waals surface area (Å²) in [6.45, 7) is 0. The first-order valence-electron chi connectivity index (χ1n) is 3.89. The van der Waals surface area contributed by atoms with E-state index in [0.29, 0.717) is 15.9 Å². The fourth-order valence-electron chi connectivity index (χ4n) is 1.02. The number of benzene rings is 1. The molecule has 80 valence electrons. The fraction of sp³-hybridized carbons (Fsp3) is 0.333. The summed E-state index contributed by atoms with van der Waals surface area (Å²) in [5, 5.41) is 1.12.